The third-order valence-electron chi connectivity index (χ3n) is 4.35. The van der Waals surface area contributed by atoms with E-state index in [9.17, 15) is 13.0 Å². The minimum Gasteiger partial charge on any atom is -0.497 e. The van der Waals surface area contributed by atoms with Crippen molar-refractivity contribution in [1.29, 1.82) is 0 Å². The van der Waals surface area contributed by atoms with Crippen molar-refractivity contribution in [1.82, 2.24) is 10.3 Å². The van der Waals surface area contributed by atoms with Crippen LogP contribution in [-0.2, 0) is 16.5 Å². The van der Waals surface area contributed by atoms with Gasteiger partial charge in [0.1, 0.15) is 11.0 Å². The van der Waals surface area contributed by atoms with Gasteiger partial charge < -0.3 is 15.0 Å². The number of rotatable bonds is 4. The minimum absolute atomic E-state index is 0.342. The lowest BCUT2D eigenvalue weighted by molar-refractivity contribution is 0.410. The van der Waals surface area contributed by atoms with E-state index in [1.54, 1.807) is 14.0 Å². The molecule has 7 heteroatoms. The van der Waals surface area contributed by atoms with E-state index in [-0.39, 0.29) is 0 Å². The van der Waals surface area contributed by atoms with Crippen molar-refractivity contribution in [2.45, 2.75) is 31.1 Å². The maximum Gasteiger partial charge on any atom is 0.269 e. The summed E-state index contributed by atoms with van der Waals surface area (Å²) in [5.74, 6) is 0.770. The van der Waals surface area contributed by atoms with Gasteiger partial charge >= 0.3 is 0 Å². The number of nitrogens with one attached hydrogen (secondary N) is 2. The van der Waals surface area contributed by atoms with Crippen molar-refractivity contribution in [2.75, 3.05) is 13.7 Å². The van der Waals surface area contributed by atoms with Gasteiger partial charge in [-0.25, -0.2) is 0 Å². The Morgan fingerprint density at radius 2 is 2.23 bits per heavy atom. The number of hydrogen-bond acceptors (Lipinski definition) is 4. The number of fused-ring (bicyclic) bond motifs is 3. The number of aromatic amines is 1. The normalized spacial score (nSPS) is 19.9. The molecular weight excluding hydrogens is 304 g/mol. The summed E-state index contributed by atoms with van der Waals surface area (Å²) in [6.45, 7) is 2.44. The van der Waals surface area contributed by atoms with Crippen LogP contribution in [0.2, 0.25) is 0 Å². The summed E-state index contributed by atoms with van der Waals surface area (Å²) in [6, 6.07) is 5.33. The zero-order chi connectivity index (χ0) is 15.9. The zero-order valence-corrected chi connectivity index (χ0v) is 13.4. The minimum atomic E-state index is -4.11. The van der Waals surface area contributed by atoms with E-state index in [0.717, 1.165) is 34.3 Å². The van der Waals surface area contributed by atoms with Gasteiger partial charge in [-0.2, -0.15) is 8.42 Å². The van der Waals surface area contributed by atoms with Gasteiger partial charge in [0, 0.05) is 16.6 Å². The van der Waals surface area contributed by atoms with Gasteiger partial charge in [-0.1, -0.05) is 6.92 Å². The van der Waals surface area contributed by atoms with Crippen LogP contribution < -0.4 is 10.1 Å². The standard InChI is InChI=1S/C15H20N2O4S/c1-3-13(22(18,19)20)15-14-10(6-7-16-15)11-8-9(21-2)4-5-12(11)17-14/h4-5,8,13,15-17H,3,6-7H2,1-2H3,(H,18,19,20). The Labute approximate surface area is 129 Å². The van der Waals surface area contributed by atoms with Crippen LogP contribution in [-0.4, -0.2) is 36.9 Å². The third-order valence-corrected chi connectivity index (χ3v) is 5.72. The SMILES string of the molecule is CCC(C1NCCc2c1[nH]c1ccc(OC)cc21)S(=O)(=O)O. The first-order chi connectivity index (χ1) is 10.5. The molecule has 2 heterocycles. The van der Waals surface area contributed by atoms with Gasteiger partial charge in [-0.3, -0.25) is 4.55 Å². The highest BCUT2D eigenvalue weighted by atomic mass is 32.2. The predicted octanol–water partition coefficient (Wildman–Crippen LogP) is 2.03. The van der Waals surface area contributed by atoms with Gasteiger partial charge in [-0.15, -0.1) is 0 Å². The predicted molar refractivity (Wildman–Crippen MR) is 84.9 cm³/mol. The van der Waals surface area contributed by atoms with Gasteiger partial charge in [-0.05, 0) is 43.1 Å². The van der Waals surface area contributed by atoms with Crippen molar-refractivity contribution in [2.24, 2.45) is 0 Å². The molecule has 22 heavy (non-hydrogen) atoms. The molecule has 1 aromatic carbocycles. The number of ether oxygens (including phenoxy) is 1. The Hall–Kier alpha value is -1.57. The summed E-state index contributed by atoms with van der Waals surface area (Å²) in [4.78, 5) is 3.31. The summed E-state index contributed by atoms with van der Waals surface area (Å²) in [5.41, 5.74) is 2.89. The lowest BCUT2D eigenvalue weighted by Gasteiger charge is -2.29. The van der Waals surface area contributed by atoms with Crippen molar-refractivity contribution in [3.05, 3.63) is 29.5 Å². The number of H-pyrrole nitrogens is 1. The first kappa shape index (κ1) is 15.3. The first-order valence-electron chi connectivity index (χ1n) is 7.34. The Morgan fingerprint density at radius 3 is 2.86 bits per heavy atom. The van der Waals surface area contributed by atoms with Gasteiger partial charge in [0.15, 0.2) is 0 Å². The Bertz CT molecular complexity index is 797. The Morgan fingerprint density at radius 1 is 1.45 bits per heavy atom. The first-order valence-corrected chi connectivity index (χ1v) is 8.84. The second-order valence-electron chi connectivity index (χ2n) is 5.57. The van der Waals surface area contributed by atoms with Crippen LogP contribution in [0.5, 0.6) is 5.75 Å². The molecule has 0 fully saturated rings. The van der Waals surface area contributed by atoms with Crippen LogP contribution in [0.25, 0.3) is 10.9 Å². The average molecular weight is 324 g/mol. The average Bonchev–Trinajstić information content (AvgIpc) is 2.85. The van der Waals surface area contributed by atoms with Crippen LogP contribution in [0.1, 0.15) is 30.6 Å². The Balaban J connectivity index is 2.14. The monoisotopic (exact) mass is 324 g/mol. The number of aromatic nitrogens is 1. The molecule has 2 atom stereocenters. The highest BCUT2D eigenvalue weighted by molar-refractivity contribution is 7.86. The quantitative estimate of drug-likeness (QED) is 0.749. The molecule has 0 aliphatic carbocycles. The molecule has 0 saturated heterocycles. The summed E-state index contributed by atoms with van der Waals surface area (Å²) in [5, 5.41) is 3.41. The maximum absolute atomic E-state index is 11.7. The molecule has 120 valence electrons. The molecule has 0 amide bonds. The van der Waals surface area contributed by atoms with Crippen molar-refractivity contribution in [3.63, 3.8) is 0 Å². The second kappa shape index (κ2) is 5.57. The van der Waals surface area contributed by atoms with Crippen LogP contribution in [0.4, 0.5) is 0 Å². The second-order valence-corrected chi connectivity index (χ2v) is 7.21. The highest BCUT2D eigenvalue weighted by Crippen LogP contribution is 2.35. The van der Waals surface area contributed by atoms with E-state index < -0.39 is 21.4 Å². The van der Waals surface area contributed by atoms with Crippen LogP contribution in [0, 0.1) is 0 Å². The summed E-state index contributed by atoms with van der Waals surface area (Å²) in [6.07, 6.45) is 1.15. The Kier molecular flexibility index (Phi) is 3.88. The molecule has 3 rings (SSSR count). The molecule has 0 spiro atoms. The molecule has 6 nitrogen and oxygen atoms in total. The summed E-state index contributed by atoms with van der Waals surface area (Å²) < 4.78 is 38.1. The van der Waals surface area contributed by atoms with E-state index in [2.05, 4.69) is 10.3 Å². The molecule has 0 bridgehead atoms. The fraction of sp³-hybridized carbons (Fsp3) is 0.467. The van der Waals surface area contributed by atoms with Crippen molar-refractivity contribution < 1.29 is 17.7 Å². The number of hydrogen-bond donors (Lipinski definition) is 3. The van der Waals surface area contributed by atoms with Crippen LogP contribution in [0.15, 0.2) is 18.2 Å². The van der Waals surface area contributed by atoms with E-state index in [4.69, 9.17) is 4.74 Å². The molecule has 3 N–H and O–H groups in total. The summed E-state index contributed by atoms with van der Waals surface area (Å²) >= 11 is 0. The smallest absolute Gasteiger partial charge is 0.269 e. The lowest BCUT2D eigenvalue weighted by atomic mass is 9.96. The topological polar surface area (TPSA) is 91.4 Å². The summed E-state index contributed by atoms with van der Waals surface area (Å²) in [7, 11) is -2.49. The molecule has 1 aliphatic heterocycles. The van der Waals surface area contributed by atoms with Gasteiger partial charge in [0.2, 0.25) is 0 Å². The largest absolute Gasteiger partial charge is 0.497 e. The van der Waals surface area contributed by atoms with Crippen LogP contribution in [0.3, 0.4) is 0 Å². The van der Waals surface area contributed by atoms with Crippen molar-refractivity contribution >= 4 is 21.0 Å². The number of methoxy groups -OCH3 is 1. The van der Waals surface area contributed by atoms with E-state index in [0.29, 0.717) is 13.0 Å². The zero-order valence-electron chi connectivity index (χ0n) is 12.6. The van der Waals surface area contributed by atoms with E-state index in [1.807, 2.05) is 18.2 Å². The van der Waals surface area contributed by atoms with Crippen molar-refractivity contribution in [3.8, 4) is 5.75 Å². The van der Waals surface area contributed by atoms with Crippen LogP contribution >= 0.6 is 0 Å². The molecule has 1 aromatic heterocycles. The highest BCUT2D eigenvalue weighted by Gasteiger charge is 2.36. The fourth-order valence-corrected chi connectivity index (χ4v) is 4.30. The third kappa shape index (κ3) is 2.49. The molecular formula is C15H20N2O4S. The van der Waals surface area contributed by atoms with Gasteiger partial charge in [0.25, 0.3) is 10.1 Å². The van der Waals surface area contributed by atoms with Gasteiger partial charge in [0.05, 0.1) is 13.2 Å². The molecule has 0 radical (unpaired) electrons. The maximum atomic E-state index is 11.7. The number of benzene rings is 1. The lowest BCUT2D eigenvalue weighted by Crippen LogP contribution is -2.41. The van der Waals surface area contributed by atoms with E-state index >= 15 is 0 Å². The molecule has 0 saturated carbocycles. The van der Waals surface area contributed by atoms with E-state index in [1.165, 1.54) is 0 Å². The molecule has 2 unspecified atom stereocenters. The molecule has 2 aromatic rings. The fourth-order valence-electron chi connectivity index (χ4n) is 3.30. The molecule has 1 aliphatic rings.